The standard InChI is InChI=1S/C6H3Cl.C3H7N/c7-6-3-4-1-2-5(4)6;1-4-2-3-4/h1-3H;2-3H2,1H3. The lowest BCUT2D eigenvalue weighted by atomic mass is 10.1. The van der Waals surface area contributed by atoms with E-state index in [0.29, 0.717) is 0 Å². The van der Waals surface area contributed by atoms with E-state index < -0.39 is 0 Å². The van der Waals surface area contributed by atoms with Gasteiger partial charge in [0.05, 0.1) is 0 Å². The Labute approximate surface area is 70.9 Å². The molecule has 0 unspecified atom stereocenters. The summed E-state index contributed by atoms with van der Waals surface area (Å²) in [5, 5.41) is 3.46. The second-order valence-electron chi connectivity index (χ2n) is 3.00. The normalized spacial score (nSPS) is 16.9. The molecule has 3 aliphatic rings. The predicted octanol–water partition coefficient (Wildman–Crippen LogP) is 1.87. The minimum absolute atomic E-state index is 0.914. The van der Waals surface area contributed by atoms with Crippen LogP contribution < -0.4 is 0 Å². The predicted molar refractivity (Wildman–Crippen MR) is 46.6 cm³/mol. The van der Waals surface area contributed by atoms with Crippen molar-refractivity contribution in [3.05, 3.63) is 33.7 Å². The van der Waals surface area contributed by atoms with Gasteiger partial charge in [0.1, 0.15) is 0 Å². The first-order valence-electron chi connectivity index (χ1n) is 3.76. The summed E-state index contributed by atoms with van der Waals surface area (Å²) < 4.78 is 0. The first-order valence-corrected chi connectivity index (χ1v) is 4.13. The summed E-state index contributed by atoms with van der Waals surface area (Å²) in [6.07, 6.45) is 0. The Morgan fingerprint density at radius 1 is 1.36 bits per heavy atom. The van der Waals surface area contributed by atoms with Crippen LogP contribution in [-0.2, 0) is 0 Å². The molecular weight excluding hydrogens is 158 g/mol. The highest BCUT2D eigenvalue weighted by molar-refractivity contribution is 6.31. The van der Waals surface area contributed by atoms with Crippen LogP contribution in [0.4, 0.5) is 0 Å². The first-order chi connectivity index (χ1) is 5.27. The second-order valence-corrected chi connectivity index (χ2v) is 3.41. The average molecular weight is 168 g/mol. The van der Waals surface area contributed by atoms with Gasteiger partial charge in [-0.1, -0.05) is 23.7 Å². The zero-order valence-corrected chi connectivity index (χ0v) is 7.23. The number of hydrogen-bond donors (Lipinski definition) is 0. The minimum Gasteiger partial charge on any atom is -0.304 e. The molecule has 0 amide bonds. The number of hydrogen-bond acceptors (Lipinski definition) is 1. The molecule has 1 nitrogen and oxygen atoms in total. The van der Waals surface area contributed by atoms with E-state index in [1.165, 1.54) is 23.5 Å². The van der Waals surface area contributed by atoms with Gasteiger partial charge in [0.15, 0.2) is 0 Å². The van der Waals surface area contributed by atoms with Crippen molar-refractivity contribution in [2.45, 2.75) is 0 Å². The van der Waals surface area contributed by atoms with E-state index in [9.17, 15) is 0 Å². The van der Waals surface area contributed by atoms with Crippen molar-refractivity contribution in [2.75, 3.05) is 20.1 Å². The highest BCUT2D eigenvalue weighted by Crippen LogP contribution is 2.20. The van der Waals surface area contributed by atoms with Crippen molar-refractivity contribution in [2.24, 2.45) is 0 Å². The zero-order chi connectivity index (χ0) is 7.84. The number of likely N-dealkylation sites (N-methyl/N-ethyl adjacent to an activating group) is 1. The van der Waals surface area contributed by atoms with Crippen molar-refractivity contribution < 1.29 is 0 Å². The fourth-order valence-corrected chi connectivity index (χ4v) is 1.13. The Kier molecular flexibility index (Phi) is 1.63. The molecule has 0 bridgehead atoms. The third-order valence-electron chi connectivity index (χ3n) is 1.95. The zero-order valence-electron chi connectivity index (χ0n) is 6.47. The van der Waals surface area contributed by atoms with Crippen molar-refractivity contribution in [1.82, 2.24) is 4.90 Å². The van der Waals surface area contributed by atoms with Crippen LogP contribution in [0.5, 0.6) is 0 Å². The van der Waals surface area contributed by atoms with E-state index in [0.717, 1.165) is 5.02 Å². The highest BCUT2D eigenvalue weighted by Gasteiger charge is 2.07. The number of rotatable bonds is 0. The molecule has 11 heavy (non-hydrogen) atoms. The second kappa shape index (κ2) is 2.50. The molecule has 2 aliphatic carbocycles. The molecule has 0 aromatic rings. The molecule has 1 aliphatic heterocycles. The molecule has 3 rings (SSSR count). The largest absolute Gasteiger partial charge is 0.304 e. The van der Waals surface area contributed by atoms with Crippen LogP contribution in [0.1, 0.15) is 0 Å². The van der Waals surface area contributed by atoms with E-state index in [1.54, 1.807) is 0 Å². The third-order valence-corrected chi connectivity index (χ3v) is 2.26. The SMILES string of the molecule is CN1CC1.Clc1cc2ccc1=2. The fraction of sp³-hybridized carbons (Fsp3) is 0.333. The van der Waals surface area contributed by atoms with Crippen LogP contribution in [-0.4, -0.2) is 25.0 Å². The summed E-state index contributed by atoms with van der Waals surface area (Å²) in [6, 6.07) is 6.05. The van der Waals surface area contributed by atoms with Crippen LogP contribution in [0, 0.1) is 10.4 Å². The van der Waals surface area contributed by atoms with Crippen LogP contribution in [0.2, 0.25) is 5.02 Å². The molecule has 1 fully saturated rings. The molecule has 0 spiro atoms. The lowest BCUT2D eigenvalue weighted by Crippen LogP contribution is -1.84. The Morgan fingerprint density at radius 3 is 2.00 bits per heavy atom. The molecule has 0 aromatic carbocycles. The lowest BCUT2D eigenvalue weighted by Gasteiger charge is -2.01. The Morgan fingerprint density at radius 2 is 2.00 bits per heavy atom. The fourth-order valence-electron chi connectivity index (χ4n) is 0.843. The van der Waals surface area contributed by atoms with E-state index in [-0.39, 0.29) is 0 Å². The maximum Gasteiger partial charge on any atom is 0.0490 e. The van der Waals surface area contributed by atoms with Gasteiger partial charge in [0.2, 0.25) is 0 Å². The summed E-state index contributed by atoms with van der Waals surface area (Å²) in [5.74, 6) is 0. The summed E-state index contributed by atoms with van der Waals surface area (Å²) in [5.41, 5.74) is 0. The molecule has 0 aromatic heterocycles. The highest BCUT2D eigenvalue weighted by atomic mass is 35.5. The van der Waals surface area contributed by atoms with Gasteiger partial charge in [0.25, 0.3) is 0 Å². The van der Waals surface area contributed by atoms with E-state index in [4.69, 9.17) is 11.6 Å². The van der Waals surface area contributed by atoms with Gasteiger partial charge >= 0.3 is 0 Å². The molecule has 0 radical (unpaired) electrons. The molecule has 0 saturated carbocycles. The van der Waals surface area contributed by atoms with Gasteiger partial charge in [-0.2, -0.15) is 0 Å². The van der Waals surface area contributed by atoms with Crippen LogP contribution in [0.25, 0.3) is 0 Å². The topological polar surface area (TPSA) is 3.01 Å². The molecule has 2 heteroatoms. The van der Waals surface area contributed by atoms with Crippen LogP contribution in [0.15, 0.2) is 18.2 Å². The summed E-state index contributed by atoms with van der Waals surface area (Å²) in [4.78, 5) is 2.25. The van der Waals surface area contributed by atoms with Crippen LogP contribution in [0.3, 0.4) is 0 Å². The monoisotopic (exact) mass is 167 g/mol. The van der Waals surface area contributed by atoms with Gasteiger partial charge in [-0.3, -0.25) is 0 Å². The molecule has 0 atom stereocenters. The van der Waals surface area contributed by atoms with E-state index >= 15 is 0 Å². The number of nitrogens with zero attached hydrogens (tertiary/aromatic N) is 1. The Bertz CT molecular complexity index is 354. The van der Waals surface area contributed by atoms with Gasteiger partial charge < -0.3 is 4.90 Å². The summed E-state index contributed by atoms with van der Waals surface area (Å²) >= 11 is 5.60. The van der Waals surface area contributed by atoms with Crippen molar-refractivity contribution in [3.8, 4) is 0 Å². The quantitative estimate of drug-likeness (QED) is 0.542. The number of benzene rings is 1. The maximum absolute atomic E-state index is 5.60. The lowest BCUT2D eigenvalue weighted by molar-refractivity contribution is 0.698. The summed E-state index contributed by atoms with van der Waals surface area (Å²) in [7, 11) is 2.11. The molecule has 1 heterocycles. The molecule has 58 valence electrons. The van der Waals surface area contributed by atoms with Crippen molar-refractivity contribution in [1.29, 1.82) is 0 Å². The minimum atomic E-state index is 0.914. The molecule has 0 N–H and O–H groups in total. The van der Waals surface area contributed by atoms with Crippen molar-refractivity contribution >= 4 is 11.6 Å². The van der Waals surface area contributed by atoms with E-state index in [1.807, 2.05) is 12.1 Å². The van der Waals surface area contributed by atoms with E-state index in [2.05, 4.69) is 18.0 Å². The Balaban J connectivity index is 0.000000103. The average Bonchev–Trinajstić information content (AvgIpc) is 2.67. The van der Waals surface area contributed by atoms with Crippen molar-refractivity contribution in [3.63, 3.8) is 0 Å². The van der Waals surface area contributed by atoms with Gasteiger partial charge in [-0.05, 0) is 18.3 Å². The first kappa shape index (κ1) is 7.14. The smallest absolute Gasteiger partial charge is 0.0490 e. The van der Waals surface area contributed by atoms with Gasteiger partial charge in [-0.25, -0.2) is 0 Å². The Hall–Kier alpha value is -0.530. The van der Waals surface area contributed by atoms with Gasteiger partial charge in [0, 0.05) is 23.3 Å². The maximum atomic E-state index is 5.60. The van der Waals surface area contributed by atoms with Crippen LogP contribution >= 0.6 is 11.6 Å². The number of halogens is 1. The van der Waals surface area contributed by atoms with Gasteiger partial charge in [-0.15, -0.1) is 0 Å². The molecular formula is C9H10ClN. The third kappa shape index (κ3) is 1.39. The molecule has 1 saturated heterocycles. The summed E-state index contributed by atoms with van der Waals surface area (Å²) in [6.45, 7) is 2.64.